The smallest absolute Gasteiger partial charge is 0.0529 e. The second-order valence-corrected chi connectivity index (χ2v) is 3.44. The van der Waals surface area contributed by atoms with E-state index in [-0.39, 0.29) is 0 Å². The van der Waals surface area contributed by atoms with Crippen molar-refractivity contribution in [3.63, 3.8) is 0 Å². The number of aromatic nitrogens is 1. The lowest BCUT2D eigenvalue weighted by atomic mass is 10.2. The van der Waals surface area contributed by atoms with Crippen molar-refractivity contribution in [2.45, 2.75) is 0 Å². The Kier molecular flexibility index (Phi) is 3.72. The number of rotatable bonds is 4. The van der Waals surface area contributed by atoms with Crippen LogP contribution in [0.1, 0.15) is 5.56 Å². The zero-order chi connectivity index (χ0) is 11.1. The summed E-state index contributed by atoms with van der Waals surface area (Å²) >= 11 is 0. The summed E-state index contributed by atoms with van der Waals surface area (Å²) in [6.45, 7) is 0.806. The second-order valence-electron chi connectivity index (χ2n) is 3.44. The van der Waals surface area contributed by atoms with Crippen molar-refractivity contribution in [1.82, 2.24) is 4.98 Å². The van der Waals surface area contributed by atoms with Gasteiger partial charge >= 0.3 is 0 Å². The van der Waals surface area contributed by atoms with Crippen LogP contribution in [0.4, 0.5) is 5.69 Å². The zero-order valence-corrected chi connectivity index (χ0v) is 9.01. The molecule has 0 fully saturated rings. The van der Waals surface area contributed by atoms with E-state index in [0.29, 0.717) is 0 Å². The Bertz CT molecular complexity index is 435. The van der Waals surface area contributed by atoms with Gasteiger partial charge in [0.15, 0.2) is 0 Å². The molecule has 16 heavy (non-hydrogen) atoms. The van der Waals surface area contributed by atoms with Crippen molar-refractivity contribution in [2.24, 2.45) is 0 Å². The van der Waals surface area contributed by atoms with Crippen LogP contribution in [0.25, 0.3) is 6.08 Å². The monoisotopic (exact) mass is 210 g/mol. The zero-order valence-electron chi connectivity index (χ0n) is 9.01. The summed E-state index contributed by atoms with van der Waals surface area (Å²) in [4.78, 5) is 4.03. The highest BCUT2D eigenvalue weighted by Crippen LogP contribution is 2.03. The van der Waals surface area contributed by atoms with Crippen LogP contribution in [0.3, 0.4) is 0 Å². The highest BCUT2D eigenvalue weighted by Gasteiger charge is 1.86. The highest BCUT2D eigenvalue weighted by atomic mass is 14.9. The Hall–Kier alpha value is -2.09. The van der Waals surface area contributed by atoms with Crippen molar-refractivity contribution in [3.8, 4) is 0 Å². The van der Waals surface area contributed by atoms with Gasteiger partial charge in [-0.2, -0.15) is 0 Å². The number of anilines is 1. The average Bonchev–Trinajstić information content (AvgIpc) is 2.37. The molecule has 2 nitrogen and oxygen atoms in total. The summed E-state index contributed by atoms with van der Waals surface area (Å²) in [5, 5.41) is 3.27. The van der Waals surface area contributed by atoms with E-state index >= 15 is 0 Å². The normalized spacial score (nSPS) is 10.5. The molecule has 2 aromatic rings. The minimum absolute atomic E-state index is 0.806. The number of benzene rings is 1. The molecule has 0 saturated carbocycles. The molecule has 0 radical (unpaired) electrons. The molecule has 0 bridgehead atoms. The Morgan fingerprint density at radius 2 is 1.94 bits per heavy atom. The van der Waals surface area contributed by atoms with E-state index in [1.54, 1.807) is 6.20 Å². The van der Waals surface area contributed by atoms with E-state index in [0.717, 1.165) is 12.2 Å². The van der Waals surface area contributed by atoms with E-state index in [1.165, 1.54) is 5.56 Å². The van der Waals surface area contributed by atoms with Crippen LogP contribution < -0.4 is 5.32 Å². The lowest BCUT2D eigenvalue weighted by Gasteiger charge is -2.00. The Morgan fingerprint density at radius 3 is 2.69 bits per heavy atom. The average molecular weight is 210 g/mol. The van der Waals surface area contributed by atoms with Crippen LogP contribution in [0.5, 0.6) is 0 Å². The predicted molar refractivity (Wildman–Crippen MR) is 68.2 cm³/mol. The first kappa shape index (κ1) is 10.4. The van der Waals surface area contributed by atoms with Crippen molar-refractivity contribution >= 4 is 11.8 Å². The first-order chi connectivity index (χ1) is 7.95. The van der Waals surface area contributed by atoms with E-state index < -0.39 is 0 Å². The number of hydrogen-bond acceptors (Lipinski definition) is 2. The standard InChI is InChI=1S/C14H14N2/c1-2-6-13(7-3-1)8-4-11-16-14-9-5-10-15-12-14/h1-10,12,16H,11H2/b8-4+. The minimum Gasteiger partial charge on any atom is -0.380 e. The van der Waals surface area contributed by atoms with E-state index in [2.05, 4.69) is 34.6 Å². The van der Waals surface area contributed by atoms with Gasteiger partial charge in [-0.25, -0.2) is 0 Å². The molecule has 0 amide bonds. The molecular weight excluding hydrogens is 196 g/mol. The summed E-state index contributed by atoms with van der Waals surface area (Å²) in [6.07, 6.45) is 7.78. The minimum atomic E-state index is 0.806. The van der Waals surface area contributed by atoms with E-state index in [4.69, 9.17) is 0 Å². The molecule has 1 aromatic heterocycles. The van der Waals surface area contributed by atoms with Gasteiger partial charge in [-0.15, -0.1) is 0 Å². The fourth-order valence-electron chi connectivity index (χ4n) is 1.40. The third-order valence-electron chi connectivity index (χ3n) is 2.20. The molecule has 0 aliphatic carbocycles. The quantitative estimate of drug-likeness (QED) is 0.838. The number of pyridine rings is 1. The molecule has 0 saturated heterocycles. The maximum atomic E-state index is 4.03. The van der Waals surface area contributed by atoms with Gasteiger partial charge in [-0.05, 0) is 17.7 Å². The van der Waals surface area contributed by atoms with Gasteiger partial charge in [-0.3, -0.25) is 4.98 Å². The Balaban J connectivity index is 1.83. The van der Waals surface area contributed by atoms with Crippen molar-refractivity contribution in [3.05, 3.63) is 66.5 Å². The second kappa shape index (κ2) is 5.71. The molecule has 80 valence electrons. The van der Waals surface area contributed by atoms with Gasteiger partial charge in [0.25, 0.3) is 0 Å². The van der Waals surface area contributed by atoms with Gasteiger partial charge in [0, 0.05) is 18.9 Å². The predicted octanol–water partition coefficient (Wildman–Crippen LogP) is 3.21. The lowest BCUT2D eigenvalue weighted by Crippen LogP contribution is -1.97. The molecule has 0 aliphatic rings. The highest BCUT2D eigenvalue weighted by molar-refractivity contribution is 5.50. The molecule has 2 rings (SSSR count). The summed E-state index contributed by atoms with van der Waals surface area (Å²) in [5.74, 6) is 0. The van der Waals surface area contributed by atoms with Crippen LogP contribution in [-0.2, 0) is 0 Å². The van der Waals surface area contributed by atoms with Crippen molar-refractivity contribution < 1.29 is 0 Å². The van der Waals surface area contributed by atoms with Crippen LogP contribution in [0, 0.1) is 0 Å². The van der Waals surface area contributed by atoms with Crippen molar-refractivity contribution in [1.29, 1.82) is 0 Å². The molecule has 0 spiro atoms. The van der Waals surface area contributed by atoms with Gasteiger partial charge in [0.05, 0.1) is 5.69 Å². The van der Waals surface area contributed by atoms with E-state index in [9.17, 15) is 0 Å². The molecule has 1 heterocycles. The third kappa shape index (κ3) is 3.24. The van der Waals surface area contributed by atoms with E-state index in [1.807, 2.05) is 36.5 Å². The lowest BCUT2D eigenvalue weighted by molar-refractivity contribution is 1.27. The van der Waals surface area contributed by atoms with Crippen LogP contribution in [0.2, 0.25) is 0 Å². The molecule has 0 unspecified atom stereocenters. The number of nitrogens with zero attached hydrogens (tertiary/aromatic N) is 1. The fourth-order valence-corrected chi connectivity index (χ4v) is 1.40. The Morgan fingerprint density at radius 1 is 1.06 bits per heavy atom. The summed E-state index contributed by atoms with van der Waals surface area (Å²) in [5.41, 5.74) is 2.26. The van der Waals surface area contributed by atoms with Crippen LogP contribution >= 0.6 is 0 Å². The first-order valence-corrected chi connectivity index (χ1v) is 5.30. The molecule has 0 aliphatic heterocycles. The summed E-state index contributed by atoms with van der Waals surface area (Å²) < 4.78 is 0. The summed E-state index contributed by atoms with van der Waals surface area (Å²) in [6, 6.07) is 14.2. The number of hydrogen-bond donors (Lipinski definition) is 1. The van der Waals surface area contributed by atoms with Gasteiger partial charge in [-0.1, -0.05) is 42.5 Å². The fraction of sp³-hybridized carbons (Fsp3) is 0.0714. The largest absolute Gasteiger partial charge is 0.380 e. The molecular formula is C14H14N2. The van der Waals surface area contributed by atoms with Crippen LogP contribution in [-0.4, -0.2) is 11.5 Å². The maximum Gasteiger partial charge on any atom is 0.0529 e. The Labute approximate surface area is 95.7 Å². The maximum absolute atomic E-state index is 4.03. The molecule has 2 heteroatoms. The topological polar surface area (TPSA) is 24.9 Å². The third-order valence-corrected chi connectivity index (χ3v) is 2.20. The number of nitrogens with one attached hydrogen (secondary N) is 1. The van der Waals surface area contributed by atoms with Gasteiger partial charge in [0.2, 0.25) is 0 Å². The van der Waals surface area contributed by atoms with Crippen LogP contribution in [0.15, 0.2) is 60.9 Å². The SMILES string of the molecule is C(=C\c1ccccc1)/CNc1cccnc1. The first-order valence-electron chi connectivity index (χ1n) is 5.30. The van der Waals surface area contributed by atoms with Gasteiger partial charge < -0.3 is 5.32 Å². The van der Waals surface area contributed by atoms with Crippen molar-refractivity contribution in [2.75, 3.05) is 11.9 Å². The molecule has 0 atom stereocenters. The molecule has 1 N–H and O–H groups in total. The molecule has 1 aromatic carbocycles. The van der Waals surface area contributed by atoms with Gasteiger partial charge in [0.1, 0.15) is 0 Å². The summed E-state index contributed by atoms with van der Waals surface area (Å²) in [7, 11) is 0.